The zero-order valence-electron chi connectivity index (χ0n) is 20.4. The van der Waals surface area contributed by atoms with E-state index < -0.39 is 0 Å². The highest BCUT2D eigenvalue weighted by Crippen LogP contribution is 2.17. The molecule has 176 valence electrons. The van der Waals surface area contributed by atoms with Crippen LogP contribution in [0.5, 0.6) is 5.75 Å². The molecule has 0 saturated carbocycles. The molecule has 0 aliphatic carbocycles. The Balaban J connectivity index is 1.62. The maximum absolute atomic E-state index is 12.2. The number of unbranched alkanes of at least 4 members (excludes halogenated alkanes) is 6. The van der Waals surface area contributed by atoms with Crippen molar-refractivity contribution in [2.45, 2.75) is 71.3 Å². The van der Waals surface area contributed by atoms with Crippen LogP contribution >= 0.6 is 0 Å². The first-order chi connectivity index (χ1) is 15.5. The molecular formula is C28H42NO3+. The van der Waals surface area contributed by atoms with Crippen LogP contribution in [-0.2, 0) is 22.5 Å². The molecule has 0 aliphatic rings. The lowest BCUT2D eigenvalue weighted by Crippen LogP contribution is -2.40. The van der Waals surface area contributed by atoms with Crippen LogP contribution in [0, 0.1) is 0 Å². The number of nitrogens with zero attached hydrogens (tertiary/aromatic N) is 1. The van der Waals surface area contributed by atoms with Gasteiger partial charge in [-0.2, -0.15) is 0 Å². The molecule has 0 aromatic heterocycles. The monoisotopic (exact) mass is 440 g/mol. The van der Waals surface area contributed by atoms with Crippen LogP contribution < -0.4 is 4.74 Å². The standard InChI is InChI=1S/C28H42NO3/c1-4-5-6-7-8-9-11-15-25-18-14-19-27(22-25)31-24-32-28(30)20-21-29(2,3)23-26-16-12-10-13-17-26/h10,12-14,16-19,22H,4-9,11,15,20-21,23-24H2,1-3H3/q+1. The third-order valence-corrected chi connectivity index (χ3v) is 5.79. The molecule has 0 N–H and O–H groups in total. The second-order valence-corrected chi connectivity index (χ2v) is 9.35. The van der Waals surface area contributed by atoms with Crippen LogP contribution in [0.2, 0.25) is 0 Å². The number of ether oxygens (including phenoxy) is 2. The Kier molecular flexibility index (Phi) is 11.9. The second-order valence-electron chi connectivity index (χ2n) is 9.35. The molecule has 0 heterocycles. The molecule has 0 radical (unpaired) electrons. The Morgan fingerprint density at radius 1 is 0.844 bits per heavy atom. The van der Waals surface area contributed by atoms with Crippen molar-refractivity contribution in [3.63, 3.8) is 0 Å². The maximum atomic E-state index is 12.2. The molecule has 0 atom stereocenters. The summed E-state index contributed by atoms with van der Waals surface area (Å²) in [6.45, 7) is 3.83. The van der Waals surface area contributed by atoms with E-state index >= 15 is 0 Å². The first-order valence-corrected chi connectivity index (χ1v) is 12.2. The molecule has 4 nitrogen and oxygen atoms in total. The van der Waals surface area contributed by atoms with Crippen LogP contribution in [0.3, 0.4) is 0 Å². The molecule has 0 bridgehead atoms. The number of benzene rings is 2. The third kappa shape index (κ3) is 11.3. The van der Waals surface area contributed by atoms with Crippen molar-refractivity contribution in [1.29, 1.82) is 0 Å². The highest BCUT2D eigenvalue weighted by Gasteiger charge is 2.18. The van der Waals surface area contributed by atoms with Crippen molar-refractivity contribution < 1.29 is 18.8 Å². The van der Waals surface area contributed by atoms with E-state index in [0.717, 1.165) is 29.7 Å². The summed E-state index contributed by atoms with van der Waals surface area (Å²) in [6, 6.07) is 18.5. The predicted octanol–water partition coefficient (Wildman–Crippen LogP) is 6.53. The summed E-state index contributed by atoms with van der Waals surface area (Å²) in [7, 11) is 4.26. The first-order valence-electron chi connectivity index (χ1n) is 12.2. The van der Waals surface area contributed by atoms with E-state index in [1.165, 1.54) is 56.1 Å². The molecule has 0 aliphatic heterocycles. The summed E-state index contributed by atoms with van der Waals surface area (Å²) in [5.74, 6) is 0.543. The Morgan fingerprint density at radius 3 is 2.28 bits per heavy atom. The largest absolute Gasteiger partial charge is 0.457 e. The van der Waals surface area contributed by atoms with Crippen LogP contribution in [-0.4, -0.2) is 37.9 Å². The average molecular weight is 441 g/mol. The molecule has 0 amide bonds. The van der Waals surface area contributed by atoms with Crippen molar-refractivity contribution in [2.24, 2.45) is 0 Å². The first kappa shape index (κ1) is 25.9. The Labute approximate surface area is 195 Å². The number of esters is 1. The van der Waals surface area contributed by atoms with E-state index in [9.17, 15) is 4.79 Å². The van der Waals surface area contributed by atoms with Gasteiger partial charge in [0.25, 0.3) is 0 Å². The minimum absolute atomic E-state index is 0.0359. The van der Waals surface area contributed by atoms with Gasteiger partial charge >= 0.3 is 5.97 Å². The lowest BCUT2D eigenvalue weighted by molar-refractivity contribution is -0.903. The summed E-state index contributed by atoms with van der Waals surface area (Å²) in [5, 5.41) is 0. The summed E-state index contributed by atoms with van der Waals surface area (Å²) < 4.78 is 11.7. The number of quaternary nitrogens is 1. The minimum atomic E-state index is -0.219. The summed E-state index contributed by atoms with van der Waals surface area (Å²) >= 11 is 0. The van der Waals surface area contributed by atoms with Gasteiger partial charge < -0.3 is 14.0 Å². The van der Waals surface area contributed by atoms with Crippen molar-refractivity contribution >= 4 is 5.97 Å². The maximum Gasteiger partial charge on any atom is 0.314 e. The zero-order chi connectivity index (χ0) is 23.1. The number of rotatable bonds is 16. The highest BCUT2D eigenvalue weighted by molar-refractivity contribution is 5.69. The lowest BCUT2D eigenvalue weighted by atomic mass is 10.0. The van der Waals surface area contributed by atoms with E-state index in [1.54, 1.807) is 0 Å². The van der Waals surface area contributed by atoms with E-state index in [-0.39, 0.29) is 12.8 Å². The summed E-state index contributed by atoms with van der Waals surface area (Å²) in [6.07, 6.45) is 10.6. The third-order valence-electron chi connectivity index (χ3n) is 5.79. The number of hydrogen-bond donors (Lipinski definition) is 0. The van der Waals surface area contributed by atoms with Gasteiger partial charge in [-0.05, 0) is 30.5 Å². The van der Waals surface area contributed by atoms with Gasteiger partial charge in [-0.15, -0.1) is 0 Å². The van der Waals surface area contributed by atoms with Gasteiger partial charge in [0, 0.05) is 5.56 Å². The van der Waals surface area contributed by atoms with Gasteiger partial charge in [-0.1, -0.05) is 87.9 Å². The van der Waals surface area contributed by atoms with Gasteiger partial charge in [0.15, 0.2) is 0 Å². The van der Waals surface area contributed by atoms with E-state index in [1.807, 2.05) is 30.3 Å². The van der Waals surface area contributed by atoms with Crippen LogP contribution in [0.15, 0.2) is 54.6 Å². The topological polar surface area (TPSA) is 35.5 Å². The van der Waals surface area contributed by atoms with E-state index in [4.69, 9.17) is 9.47 Å². The number of carbonyl (C=O) groups excluding carboxylic acids is 1. The van der Waals surface area contributed by atoms with Crippen molar-refractivity contribution in [1.82, 2.24) is 0 Å². The fraction of sp³-hybridized carbons (Fsp3) is 0.536. The lowest BCUT2D eigenvalue weighted by Gasteiger charge is -2.29. The van der Waals surface area contributed by atoms with Gasteiger partial charge in [-0.25, -0.2) is 0 Å². The minimum Gasteiger partial charge on any atom is -0.457 e. The molecule has 32 heavy (non-hydrogen) atoms. The Morgan fingerprint density at radius 2 is 1.53 bits per heavy atom. The number of hydrogen-bond acceptors (Lipinski definition) is 3. The summed E-state index contributed by atoms with van der Waals surface area (Å²) in [4.78, 5) is 12.2. The molecule has 2 rings (SSSR count). The summed E-state index contributed by atoms with van der Waals surface area (Å²) in [5.41, 5.74) is 2.55. The van der Waals surface area contributed by atoms with Crippen molar-refractivity contribution in [2.75, 3.05) is 27.4 Å². The molecule has 0 unspecified atom stereocenters. The molecule has 0 spiro atoms. The van der Waals surface area contributed by atoms with Gasteiger partial charge in [0.2, 0.25) is 6.79 Å². The molecule has 2 aromatic rings. The van der Waals surface area contributed by atoms with Crippen LogP contribution in [0.25, 0.3) is 0 Å². The second kappa shape index (κ2) is 14.7. The molecular weight excluding hydrogens is 398 g/mol. The quantitative estimate of drug-likeness (QED) is 0.129. The van der Waals surface area contributed by atoms with Gasteiger partial charge in [0.1, 0.15) is 12.3 Å². The smallest absolute Gasteiger partial charge is 0.314 e. The Hall–Kier alpha value is -2.33. The average Bonchev–Trinajstić information content (AvgIpc) is 2.78. The van der Waals surface area contributed by atoms with Gasteiger partial charge in [-0.3, -0.25) is 4.79 Å². The zero-order valence-corrected chi connectivity index (χ0v) is 20.4. The Bertz CT molecular complexity index is 773. The fourth-order valence-electron chi connectivity index (χ4n) is 3.86. The highest BCUT2D eigenvalue weighted by atomic mass is 16.7. The molecule has 0 saturated heterocycles. The normalized spacial score (nSPS) is 11.3. The van der Waals surface area contributed by atoms with E-state index in [0.29, 0.717) is 6.42 Å². The van der Waals surface area contributed by atoms with Crippen LogP contribution in [0.4, 0.5) is 0 Å². The molecule has 4 heteroatoms. The molecule has 0 fully saturated rings. The van der Waals surface area contributed by atoms with Crippen molar-refractivity contribution in [3.8, 4) is 5.75 Å². The molecule has 2 aromatic carbocycles. The predicted molar refractivity (Wildman–Crippen MR) is 131 cm³/mol. The number of aryl methyl sites for hydroxylation is 1. The number of carbonyl (C=O) groups is 1. The van der Waals surface area contributed by atoms with E-state index in [2.05, 4.69) is 45.3 Å². The SMILES string of the molecule is CCCCCCCCCc1cccc(OCOC(=O)CC[N+](C)(C)Cc2ccccc2)c1. The van der Waals surface area contributed by atoms with Crippen LogP contribution in [0.1, 0.15) is 69.4 Å². The van der Waals surface area contributed by atoms with Crippen molar-refractivity contribution in [3.05, 3.63) is 65.7 Å². The van der Waals surface area contributed by atoms with Gasteiger partial charge in [0.05, 0.1) is 27.1 Å². The fourth-order valence-corrected chi connectivity index (χ4v) is 3.86.